The summed E-state index contributed by atoms with van der Waals surface area (Å²) in [5.41, 5.74) is 0.796. The Labute approximate surface area is 111 Å². The van der Waals surface area contributed by atoms with Crippen molar-refractivity contribution in [1.82, 2.24) is 25.2 Å². The van der Waals surface area contributed by atoms with Crippen LogP contribution in [0.15, 0.2) is 24.4 Å². The van der Waals surface area contributed by atoms with Crippen LogP contribution in [0.25, 0.3) is 5.65 Å². The third-order valence-electron chi connectivity index (χ3n) is 3.42. The van der Waals surface area contributed by atoms with Crippen LogP contribution in [0, 0.1) is 0 Å². The molecular weight excluding hydrogens is 242 g/mol. The highest BCUT2D eigenvalue weighted by Gasteiger charge is 2.17. The van der Waals surface area contributed by atoms with Gasteiger partial charge in [0.2, 0.25) is 5.91 Å². The van der Waals surface area contributed by atoms with Crippen LogP contribution in [-0.2, 0) is 11.3 Å². The molecule has 1 unspecified atom stereocenters. The quantitative estimate of drug-likeness (QED) is 0.838. The largest absolute Gasteiger partial charge is 0.349 e. The van der Waals surface area contributed by atoms with Gasteiger partial charge in [-0.2, -0.15) is 0 Å². The van der Waals surface area contributed by atoms with Gasteiger partial charge in [-0.3, -0.25) is 9.20 Å². The number of rotatable bonds is 4. The second-order valence-electron chi connectivity index (χ2n) is 4.82. The summed E-state index contributed by atoms with van der Waals surface area (Å²) in [6, 6.07) is 6.05. The summed E-state index contributed by atoms with van der Waals surface area (Å²) in [4.78, 5) is 11.8. The molecule has 0 saturated carbocycles. The molecule has 100 valence electrons. The van der Waals surface area contributed by atoms with Crippen LogP contribution in [0.2, 0.25) is 0 Å². The lowest BCUT2D eigenvalue weighted by Crippen LogP contribution is -2.31. The van der Waals surface area contributed by atoms with E-state index >= 15 is 0 Å². The van der Waals surface area contributed by atoms with Crippen molar-refractivity contribution in [1.29, 1.82) is 0 Å². The highest BCUT2D eigenvalue weighted by atomic mass is 16.1. The van der Waals surface area contributed by atoms with Crippen molar-refractivity contribution in [2.75, 3.05) is 6.54 Å². The van der Waals surface area contributed by atoms with Crippen LogP contribution in [0.5, 0.6) is 0 Å². The first-order chi connectivity index (χ1) is 9.33. The second-order valence-corrected chi connectivity index (χ2v) is 4.82. The van der Waals surface area contributed by atoms with E-state index in [4.69, 9.17) is 0 Å². The van der Waals surface area contributed by atoms with Crippen LogP contribution < -0.4 is 10.6 Å². The predicted octanol–water partition coefficient (Wildman–Crippen LogP) is 0.488. The summed E-state index contributed by atoms with van der Waals surface area (Å²) < 4.78 is 1.88. The fraction of sp³-hybridized carbons (Fsp3) is 0.462. The van der Waals surface area contributed by atoms with Crippen molar-refractivity contribution in [3.8, 4) is 0 Å². The normalized spacial score (nSPS) is 18.8. The van der Waals surface area contributed by atoms with Crippen LogP contribution >= 0.6 is 0 Å². The predicted molar refractivity (Wildman–Crippen MR) is 70.5 cm³/mol. The lowest BCUT2D eigenvalue weighted by Gasteiger charge is -2.09. The standard InChI is InChI=1S/C13H17N5O/c19-13(8-10-4-3-6-14-10)15-9-12-17-16-11-5-1-2-7-18(11)12/h1-2,5,7,10,14H,3-4,6,8-9H2,(H,15,19). The van der Waals surface area contributed by atoms with E-state index < -0.39 is 0 Å². The Morgan fingerprint density at radius 2 is 2.42 bits per heavy atom. The Kier molecular flexibility index (Phi) is 3.41. The van der Waals surface area contributed by atoms with E-state index in [1.165, 1.54) is 0 Å². The maximum atomic E-state index is 11.8. The van der Waals surface area contributed by atoms with E-state index in [0.29, 0.717) is 19.0 Å². The lowest BCUT2D eigenvalue weighted by molar-refractivity contribution is -0.121. The zero-order valence-electron chi connectivity index (χ0n) is 10.7. The minimum Gasteiger partial charge on any atom is -0.349 e. The maximum absolute atomic E-state index is 11.8. The summed E-state index contributed by atoms with van der Waals surface area (Å²) in [7, 11) is 0. The van der Waals surface area contributed by atoms with E-state index in [1.807, 2.05) is 28.8 Å². The molecule has 0 spiro atoms. The molecule has 0 aliphatic carbocycles. The first kappa shape index (κ1) is 12.1. The second kappa shape index (κ2) is 5.36. The van der Waals surface area contributed by atoms with Crippen molar-refractivity contribution in [3.05, 3.63) is 30.2 Å². The number of aromatic nitrogens is 3. The molecule has 1 aliphatic rings. The van der Waals surface area contributed by atoms with Gasteiger partial charge >= 0.3 is 0 Å². The van der Waals surface area contributed by atoms with Gasteiger partial charge < -0.3 is 10.6 Å². The zero-order valence-corrected chi connectivity index (χ0v) is 10.7. The molecule has 6 nitrogen and oxygen atoms in total. The first-order valence-electron chi connectivity index (χ1n) is 6.61. The third-order valence-corrected chi connectivity index (χ3v) is 3.42. The summed E-state index contributed by atoms with van der Waals surface area (Å²) >= 11 is 0. The smallest absolute Gasteiger partial charge is 0.221 e. The maximum Gasteiger partial charge on any atom is 0.221 e. The molecule has 19 heavy (non-hydrogen) atoms. The molecular formula is C13H17N5O. The number of carbonyl (C=O) groups excluding carboxylic acids is 1. The van der Waals surface area contributed by atoms with Crippen molar-refractivity contribution < 1.29 is 4.79 Å². The monoisotopic (exact) mass is 259 g/mol. The average molecular weight is 259 g/mol. The van der Waals surface area contributed by atoms with E-state index in [2.05, 4.69) is 20.8 Å². The number of pyridine rings is 1. The van der Waals surface area contributed by atoms with Crippen molar-refractivity contribution in [3.63, 3.8) is 0 Å². The Hall–Kier alpha value is -1.95. The van der Waals surface area contributed by atoms with E-state index in [9.17, 15) is 4.79 Å². The fourth-order valence-electron chi connectivity index (χ4n) is 2.42. The van der Waals surface area contributed by atoms with Gasteiger partial charge in [0.25, 0.3) is 0 Å². The van der Waals surface area contributed by atoms with Crippen molar-refractivity contribution in [2.24, 2.45) is 0 Å². The first-order valence-corrected chi connectivity index (χ1v) is 6.61. The summed E-state index contributed by atoms with van der Waals surface area (Å²) in [5, 5.41) is 14.3. The van der Waals surface area contributed by atoms with Crippen molar-refractivity contribution in [2.45, 2.75) is 31.8 Å². The molecule has 3 heterocycles. The number of nitrogens with zero attached hydrogens (tertiary/aromatic N) is 3. The van der Waals surface area contributed by atoms with Crippen molar-refractivity contribution >= 4 is 11.6 Å². The molecule has 1 saturated heterocycles. The van der Waals surface area contributed by atoms with Gasteiger partial charge in [-0.05, 0) is 31.5 Å². The molecule has 0 bridgehead atoms. The number of fused-ring (bicyclic) bond motifs is 1. The Morgan fingerprint density at radius 1 is 1.47 bits per heavy atom. The molecule has 2 aromatic heterocycles. The number of hydrogen-bond acceptors (Lipinski definition) is 4. The zero-order chi connectivity index (χ0) is 13.1. The summed E-state index contributed by atoms with van der Waals surface area (Å²) in [6.45, 7) is 1.43. The third kappa shape index (κ3) is 2.73. The number of amides is 1. The van der Waals surface area contributed by atoms with Gasteiger partial charge in [-0.25, -0.2) is 0 Å². The summed E-state index contributed by atoms with van der Waals surface area (Å²) in [5.74, 6) is 0.815. The van der Waals surface area contributed by atoms with Gasteiger partial charge in [0.15, 0.2) is 11.5 Å². The Morgan fingerprint density at radius 3 is 3.26 bits per heavy atom. The highest BCUT2D eigenvalue weighted by molar-refractivity contribution is 5.76. The molecule has 1 amide bonds. The van der Waals surface area contributed by atoms with Crippen LogP contribution in [0.3, 0.4) is 0 Å². The molecule has 3 rings (SSSR count). The molecule has 6 heteroatoms. The Balaban J connectivity index is 1.58. The molecule has 0 radical (unpaired) electrons. The van der Waals surface area contributed by atoms with Crippen LogP contribution in [-0.4, -0.2) is 33.1 Å². The summed E-state index contributed by atoms with van der Waals surface area (Å²) in [6.07, 6.45) is 4.68. The van der Waals surface area contributed by atoms with Gasteiger partial charge in [-0.15, -0.1) is 10.2 Å². The molecule has 1 fully saturated rings. The fourth-order valence-corrected chi connectivity index (χ4v) is 2.42. The van der Waals surface area contributed by atoms with Crippen LogP contribution in [0.1, 0.15) is 25.1 Å². The van der Waals surface area contributed by atoms with E-state index in [1.54, 1.807) is 0 Å². The number of nitrogens with one attached hydrogen (secondary N) is 2. The van der Waals surface area contributed by atoms with Gasteiger partial charge in [0, 0.05) is 18.7 Å². The Bertz CT molecular complexity index is 573. The SMILES string of the molecule is O=C(CC1CCCN1)NCc1nnc2ccccn12. The molecule has 1 aliphatic heterocycles. The molecule has 1 atom stereocenters. The number of hydrogen-bond donors (Lipinski definition) is 2. The molecule has 2 aromatic rings. The van der Waals surface area contributed by atoms with Gasteiger partial charge in [0.05, 0.1) is 6.54 Å². The van der Waals surface area contributed by atoms with E-state index in [0.717, 1.165) is 30.9 Å². The van der Waals surface area contributed by atoms with Gasteiger partial charge in [0.1, 0.15) is 0 Å². The molecule has 0 aromatic carbocycles. The minimum atomic E-state index is 0.0621. The average Bonchev–Trinajstić information content (AvgIpc) is 3.05. The lowest BCUT2D eigenvalue weighted by atomic mass is 10.1. The minimum absolute atomic E-state index is 0.0621. The topological polar surface area (TPSA) is 71.3 Å². The molecule has 2 N–H and O–H groups in total. The highest BCUT2D eigenvalue weighted by Crippen LogP contribution is 2.08. The van der Waals surface area contributed by atoms with Gasteiger partial charge in [-0.1, -0.05) is 6.07 Å². The number of carbonyl (C=O) groups is 1. The van der Waals surface area contributed by atoms with Crippen LogP contribution in [0.4, 0.5) is 0 Å². The van der Waals surface area contributed by atoms with E-state index in [-0.39, 0.29) is 5.91 Å².